The van der Waals surface area contributed by atoms with Gasteiger partial charge in [0.05, 0.1) is 6.20 Å². The Morgan fingerprint density at radius 3 is 2.79 bits per heavy atom. The standard InChI is InChI=1S/C18H27N5S/c1-14-15(12-22-23-14)11-20-17(19-2)21-13-18(8-4-3-5-9-18)16-7-6-10-24-16/h6-7,10,12H,3-5,8-9,11,13H2,1-2H3,(H,22,23)(H2,19,20,21). The molecule has 3 rings (SSSR count). The molecule has 1 fully saturated rings. The Balaban J connectivity index is 1.61. The first-order chi connectivity index (χ1) is 11.7. The summed E-state index contributed by atoms with van der Waals surface area (Å²) in [4.78, 5) is 5.89. The average molecular weight is 346 g/mol. The number of hydrogen-bond acceptors (Lipinski definition) is 3. The van der Waals surface area contributed by atoms with Gasteiger partial charge >= 0.3 is 0 Å². The number of H-pyrrole nitrogens is 1. The van der Waals surface area contributed by atoms with Crippen LogP contribution in [0.5, 0.6) is 0 Å². The SMILES string of the molecule is CN=C(NCc1cn[nH]c1C)NCC1(c2cccs2)CCCCC1. The first-order valence-electron chi connectivity index (χ1n) is 8.71. The Labute approximate surface area is 148 Å². The van der Waals surface area contributed by atoms with E-state index in [1.807, 2.05) is 31.5 Å². The highest BCUT2D eigenvalue weighted by Crippen LogP contribution is 2.41. The average Bonchev–Trinajstić information content (AvgIpc) is 3.28. The molecule has 0 aromatic carbocycles. The van der Waals surface area contributed by atoms with Crippen molar-refractivity contribution >= 4 is 17.3 Å². The van der Waals surface area contributed by atoms with Crippen LogP contribution in [0.3, 0.4) is 0 Å². The van der Waals surface area contributed by atoms with Gasteiger partial charge in [-0.3, -0.25) is 10.1 Å². The number of nitrogens with one attached hydrogen (secondary N) is 3. The molecule has 1 saturated carbocycles. The van der Waals surface area contributed by atoms with Crippen LogP contribution in [0.15, 0.2) is 28.7 Å². The zero-order valence-electron chi connectivity index (χ0n) is 14.6. The number of nitrogens with zero attached hydrogens (tertiary/aromatic N) is 2. The molecule has 0 bridgehead atoms. The highest BCUT2D eigenvalue weighted by molar-refractivity contribution is 7.10. The minimum absolute atomic E-state index is 0.260. The first kappa shape index (κ1) is 17.0. The van der Waals surface area contributed by atoms with Crippen LogP contribution in [-0.4, -0.2) is 29.7 Å². The second-order valence-electron chi connectivity index (χ2n) is 6.62. The van der Waals surface area contributed by atoms with Gasteiger partial charge in [0.1, 0.15) is 0 Å². The number of guanidine groups is 1. The van der Waals surface area contributed by atoms with E-state index in [9.17, 15) is 0 Å². The summed E-state index contributed by atoms with van der Waals surface area (Å²) in [6, 6.07) is 4.47. The summed E-state index contributed by atoms with van der Waals surface area (Å²) >= 11 is 1.89. The van der Waals surface area contributed by atoms with E-state index in [4.69, 9.17) is 0 Å². The third-order valence-electron chi connectivity index (χ3n) is 5.05. The lowest BCUT2D eigenvalue weighted by Crippen LogP contribution is -2.46. The van der Waals surface area contributed by atoms with E-state index in [-0.39, 0.29) is 5.41 Å². The summed E-state index contributed by atoms with van der Waals surface area (Å²) in [5.74, 6) is 0.858. The summed E-state index contributed by atoms with van der Waals surface area (Å²) in [5.41, 5.74) is 2.53. The molecule has 3 N–H and O–H groups in total. The van der Waals surface area contributed by atoms with Crippen LogP contribution < -0.4 is 10.6 Å². The molecule has 2 aromatic rings. The van der Waals surface area contributed by atoms with Gasteiger partial charge in [0.25, 0.3) is 0 Å². The third kappa shape index (κ3) is 3.80. The van der Waals surface area contributed by atoms with Crippen molar-refractivity contribution in [2.75, 3.05) is 13.6 Å². The summed E-state index contributed by atoms with van der Waals surface area (Å²) in [7, 11) is 1.83. The minimum Gasteiger partial charge on any atom is -0.355 e. The number of aromatic amines is 1. The van der Waals surface area contributed by atoms with E-state index in [2.05, 4.69) is 43.3 Å². The maximum Gasteiger partial charge on any atom is 0.191 e. The van der Waals surface area contributed by atoms with Crippen LogP contribution in [0.25, 0.3) is 0 Å². The van der Waals surface area contributed by atoms with E-state index in [0.717, 1.165) is 24.7 Å². The molecule has 2 aromatic heterocycles. The number of aliphatic imine (C=N–C) groups is 1. The van der Waals surface area contributed by atoms with Crippen molar-refractivity contribution in [3.63, 3.8) is 0 Å². The Bertz CT molecular complexity index is 653. The van der Waals surface area contributed by atoms with E-state index in [1.54, 1.807) is 0 Å². The third-order valence-corrected chi connectivity index (χ3v) is 6.17. The molecule has 0 spiro atoms. The summed E-state index contributed by atoms with van der Waals surface area (Å²) < 4.78 is 0. The lowest BCUT2D eigenvalue weighted by molar-refractivity contribution is 0.296. The molecule has 24 heavy (non-hydrogen) atoms. The zero-order valence-corrected chi connectivity index (χ0v) is 15.4. The predicted octanol–water partition coefficient (Wildman–Crippen LogP) is 3.35. The van der Waals surface area contributed by atoms with Crippen LogP contribution in [0.2, 0.25) is 0 Å². The van der Waals surface area contributed by atoms with Gasteiger partial charge in [-0.05, 0) is 31.2 Å². The molecule has 1 aliphatic rings. The minimum atomic E-state index is 0.260. The summed E-state index contributed by atoms with van der Waals surface area (Å²) in [6.45, 7) is 3.71. The Morgan fingerprint density at radius 1 is 1.33 bits per heavy atom. The lowest BCUT2D eigenvalue weighted by atomic mass is 9.73. The Hall–Kier alpha value is -1.82. The Kier molecular flexibility index (Phi) is 5.56. The van der Waals surface area contributed by atoms with Crippen molar-refractivity contribution < 1.29 is 0 Å². The number of aromatic nitrogens is 2. The van der Waals surface area contributed by atoms with Crippen molar-refractivity contribution in [3.05, 3.63) is 39.8 Å². The molecule has 2 heterocycles. The topological polar surface area (TPSA) is 65.1 Å². The number of hydrogen-bond donors (Lipinski definition) is 3. The highest BCUT2D eigenvalue weighted by Gasteiger charge is 2.34. The number of rotatable bonds is 5. The second kappa shape index (κ2) is 7.83. The monoisotopic (exact) mass is 345 g/mol. The molecular formula is C18H27N5S. The summed E-state index contributed by atoms with van der Waals surface area (Å²) in [5, 5.41) is 16.2. The lowest BCUT2D eigenvalue weighted by Gasteiger charge is -2.37. The number of aryl methyl sites for hydroxylation is 1. The highest BCUT2D eigenvalue weighted by atomic mass is 32.1. The maximum absolute atomic E-state index is 4.38. The fourth-order valence-electron chi connectivity index (χ4n) is 3.53. The van der Waals surface area contributed by atoms with Crippen LogP contribution >= 0.6 is 11.3 Å². The van der Waals surface area contributed by atoms with Crippen molar-refractivity contribution in [2.24, 2.45) is 4.99 Å². The predicted molar refractivity (Wildman–Crippen MR) is 101 cm³/mol. The normalized spacial score (nSPS) is 17.7. The molecular weight excluding hydrogens is 318 g/mol. The van der Waals surface area contributed by atoms with Crippen LogP contribution in [0.1, 0.15) is 48.2 Å². The van der Waals surface area contributed by atoms with Crippen LogP contribution in [0.4, 0.5) is 0 Å². The van der Waals surface area contributed by atoms with Gasteiger partial charge in [-0.2, -0.15) is 5.10 Å². The second-order valence-corrected chi connectivity index (χ2v) is 7.57. The molecule has 6 heteroatoms. The van der Waals surface area contributed by atoms with Gasteiger partial charge in [0, 0.05) is 41.7 Å². The maximum atomic E-state index is 4.38. The van der Waals surface area contributed by atoms with Gasteiger partial charge in [-0.15, -0.1) is 11.3 Å². The molecule has 5 nitrogen and oxygen atoms in total. The molecule has 0 unspecified atom stereocenters. The Morgan fingerprint density at radius 2 is 2.17 bits per heavy atom. The smallest absolute Gasteiger partial charge is 0.191 e. The molecule has 1 aliphatic carbocycles. The van der Waals surface area contributed by atoms with Crippen molar-refractivity contribution in [1.29, 1.82) is 0 Å². The molecule has 130 valence electrons. The van der Waals surface area contributed by atoms with E-state index < -0.39 is 0 Å². The van der Waals surface area contributed by atoms with E-state index in [0.29, 0.717) is 0 Å². The summed E-state index contributed by atoms with van der Waals surface area (Å²) in [6.07, 6.45) is 8.39. The molecule has 0 amide bonds. The van der Waals surface area contributed by atoms with Crippen molar-refractivity contribution in [2.45, 2.75) is 51.0 Å². The molecule has 0 atom stereocenters. The van der Waals surface area contributed by atoms with Gasteiger partial charge in [0.15, 0.2) is 5.96 Å². The van der Waals surface area contributed by atoms with Crippen LogP contribution in [0, 0.1) is 6.92 Å². The van der Waals surface area contributed by atoms with E-state index in [1.165, 1.54) is 42.5 Å². The van der Waals surface area contributed by atoms with E-state index >= 15 is 0 Å². The number of thiophene rings is 1. The van der Waals surface area contributed by atoms with Gasteiger partial charge in [0.2, 0.25) is 0 Å². The van der Waals surface area contributed by atoms with Crippen molar-refractivity contribution in [3.8, 4) is 0 Å². The first-order valence-corrected chi connectivity index (χ1v) is 9.59. The quantitative estimate of drug-likeness (QED) is 0.575. The molecule has 0 saturated heterocycles. The fourth-order valence-corrected chi connectivity index (χ4v) is 4.51. The zero-order chi connectivity index (χ0) is 16.8. The van der Waals surface area contributed by atoms with Gasteiger partial charge in [-0.1, -0.05) is 25.3 Å². The largest absolute Gasteiger partial charge is 0.355 e. The van der Waals surface area contributed by atoms with Gasteiger partial charge < -0.3 is 10.6 Å². The van der Waals surface area contributed by atoms with Crippen molar-refractivity contribution in [1.82, 2.24) is 20.8 Å². The van der Waals surface area contributed by atoms with Gasteiger partial charge in [-0.25, -0.2) is 0 Å². The molecule has 0 radical (unpaired) electrons. The fraction of sp³-hybridized carbons (Fsp3) is 0.556. The molecule has 0 aliphatic heterocycles. The van der Waals surface area contributed by atoms with Crippen LogP contribution in [-0.2, 0) is 12.0 Å².